The summed E-state index contributed by atoms with van der Waals surface area (Å²) in [6.45, 7) is 6.47. The van der Waals surface area contributed by atoms with E-state index >= 15 is 0 Å². The highest BCUT2D eigenvalue weighted by atomic mass is 16.3. The molecule has 32 heavy (non-hydrogen) atoms. The second-order valence-electron chi connectivity index (χ2n) is 7.94. The van der Waals surface area contributed by atoms with Crippen molar-refractivity contribution in [3.8, 4) is 11.5 Å². The summed E-state index contributed by atoms with van der Waals surface area (Å²) >= 11 is 0. The van der Waals surface area contributed by atoms with Gasteiger partial charge in [-0.1, -0.05) is 44.2 Å². The molecule has 0 saturated carbocycles. The monoisotopic (exact) mass is 422 g/mol. The zero-order valence-corrected chi connectivity index (χ0v) is 18.5. The molecule has 2 aromatic carbocycles. The Kier molecular flexibility index (Phi) is 5.55. The first-order valence-corrected chi connectivity index (χ1v) is 11.2. The van der Waals surface area contributed by atoms with Crippen molar-refractivity contribution in [1.29, 1.82) is 0 Å². The van der Waals surface area contributed by atoms with Gasteiger partial charge in [0.15, 0.2) is 17.2 Å². The predicted molar refractivity (Wildman–Crippen MR) is 130 cm³/mol. The number of hydrogen-bond donors (Lipinski definition) is 0. The average Bonchev–Trinajstić information content (AvgIpc) is 2.83. The standard InChI is InChI=1S/C27H26N4O/c1-3-15-31(16-4-2)19-12-13-22-24(17-19)32-25-18-23(29-26-11-7-8-14-28-26)20-9-5-6-10-21(20)27(25)30-22/h5-14,17-18H,3-4,15-16H2,1-2H3/b29-23-. The maximum atomic E-state index is 6.41. The van der Waals surface area contributed by atoms with Crippen LogP contribution in [-0.2, 0) is 0 Å². The van der Waals surface area contributed by atoms with Crippen LogP contribution >= 0.6 is 0 Å². The minimum Gasteiger partial charge on any atom is -0.453 e. The molecule has 2 heterocycles. The first kappa shape index (κ1) is 20.2. The predicted octanol–water partition coefficient (Wildman–Crippen LogP) is 6.34. The van der Waals surface area contributed by atoms with Gasteiger partial charge in [-0.15, -0.1) is 0 Å². The molecule has 1 aliphatic heterocycles. The van der Waals surface area contributed by atoms with Gasteiger partial charge in [0.05, 0.1) is 5.36 Å². The number of anilines is 1. The van der Waals surface area contributed by atoms with Crippen molar-refractivity contribution < 1.29 is 4.42 Å². The Morgan fingerprint density at radius 2 is 1.66 bits per heavy atom. The molecule has 1 aromatic heterocycles. The summed E-state index contributed by atoms with van der Waals surface area (Å²) in [5.41, 5.74) is 3.66. The summed E-state index contributed by atoms with van der Waals surface area (Å²) in [5.74, 6) is 1.39. The maximum Gasteiger partial charge on any atom is 0.155 e. The molecule has 2 aliphatic rings. The second-order valence-corrected chi connectivity index (χ2v) is 7.94. The Hall–Kier alpha value is -3.73. The molecule has 0 atom stereocenters. The molecule has 0 radical (unpaired) electrons. The molecular formula is C27H26N4O. The Labute approximate surface area is 187 Å². The smallest absolute Gasteiger partial charge is 0.155 e. The van der Waals surface area contributed by atoms with Gasteiger partial charge in [-0.05, 0) is 37.1 Å². The normalized spacial score (nSPS) is 12.1. The highest BCUT2D eigenvalue weighted by Crippen LogP contribution is 2.32. The molecule has 0 spiro atoms. The van der Waals surface area contributed by atoms with E-state index in [1.165, 1.54) is 5.69 Å². The first-order valence-electron chi connectivity index (χ1n) is 11.2. The first-order chi connectivity index (χ1) is 15.8. The molecule has 160 valence electrons. The summed E-state index contributed by atoms with van der Waals surface area (Å²) in [7, 11) is 0. The van der Waals surface area contributed by atoms with Crippen LogP contribution in [0.3, 0.4) is 0 Å². The molecule has 5 heteroatoms. The summed E-state index contributed by atoms with van der Waals surface area (Å²) < 4.78 is 6.41. The topological polar surface area (TPSA) is 54.5 Å². The van der Waals surface area contributed by atoms with Crippen molar-refractivity contribution in [2.24, 2.45) is 4.99 Å². The lowest BCUT2D eigenvalue weighted by atomic mass is 10.0. The van der Waals surface area contributed by atoms with E-state index in [-0.39, 0.29) is 0 Å². The molecule has 0 bridgehead atoms. The van der Waals surface area contributed by atoms with Gasteiger partial charge in [-0.3, -0.25) is 0 Å². The number of nitrogens with zero attached hydrogens (tertiary/aromatic N) is 4. The van der Waals surface area contributed by atoms with Crippen LogP contribution in [0.15, 0.2) is 82.3 Å². The molecule has 0 N–H and O–H groups in total. The fourth-order valence-electron chi connectivity index (χ4n) is 4.17. The van der Waals surface area contributed by atoms with Gasteiger partial charge in [0.1, 0.15) is 11.2 Å². The van der Waals surface area contributed by atoms with Gasteiger partial charge in [-0.2, -0.15) is 0 Å². The Bertz CT molecular complexity index is 1400. The third-order valence-electron chi connectivity index (χ3n) is 5.59. The van der Waals surface area contributed by atoms with E-state index in [0.29, 0.717) is 5.82 Å². The molecule has 5 nitrogen and oxygen atoms in total. The van der Waals surface area contributed by atoms with E-state index in [0.717, 1.165) is 64.6 Å². The van der Waals surface area contributed by atoms with Crippen LogP contribution in [0.2, 0.25) is 0 Å². The Morgan fingerprint density at radius 1 is 0.875 bits per heavy atom. The van der Waals surface area contributed by atoms with Crippen molar-refractivity contribution in [2.75, 3.05) is 18.0 Å². The molecule has 0 fully saturated rings. The minimum atomic E-state index is 0.669. The Morgan fingerprint density at radius 3 is 2.41 bits per heavy atom. The lowest BCUT2D eigenvalue weighted by Crippen LogP contribution is -2.24. The fraction of sp³-hybridized carbons (Fsp3) is 0.222. The van der Waals surface area contributed by atoms with Crippen LogP contribution in [0.1, 0.15) is 26.7 Å². The zero-order chi connectivity index (χ0) is 21.9. The zero-order valence-electron chi connectivity index (χ0n) is 18.5. The third kappa shape index (κ3) is 3.82. The number of aromatic nitrogens is 2. The van der Waals surface area contributed by atoms with Crippen molar-refractivity contribution in [1.82, 2.24) is 9.97 Å². The Balaban J connectivity index is 1.74. The van der Waals surface area contributed by atoms with Gasteiger partial charge in [0.25, 0.3) is 0 Å². The SMILES string of the molecule is CCCN(CCC)c1ccc2nc3c4ccccc4/c(=N\c4ccccn4)cc-3oc2c1. The lowest BCUT2D eigenvalue weighted by Gasteiger charge is -2.24. The van der Waals surface area contributed by atoms with E-state index < -0.39 is 0 Å². The summed E-state index contributed by atoms with van der Waals surface area (Å²) in [6.07, 6.45) is 3.96. The van der Waals surface area contributed by atoms with Crippen molar-refractivity contribution >= 4 is 33.4 Å². The summed E-state index contributed by atoms with van der Waals surface area (Å²) in [6, 6.07) is 22.2. The molecule has 3 aromatic rings. The third-order valence-corrected chi connectivity index (χ3v) is 5.59. The summed E-state index contributed by atoms with van der Waals surface area (Å²) in [5, 5.41) is 2.88. The number of rotatable bonds is 6. The number of hydrogen-bond acceptors (Lipinski definition) is 5. The number of fused-ring (bicyclic) bond motifs is 4. The number of pyridine rings is 1. The fourth-order valence-corrected chi connectivity index (χ4v) is 4.17. The van der Waals surface area contributed by atoms with E-state index in [1.807, 2.05) is 36.4 Å². The van der Waals surface area contributed by atoms with Crippen LogP contribution in [0.4, 0.5) is 11.5 Å². The van der Waals surface area contributed by atoms with Gasteiger partial charge in [-0.25, -0.2) is 15.0 Å². The second kappa shape index (κ2) is 8.79. The quantitative estimate of drug-likeness (QED) is 0.237. The van der Waals surface area contributed by atoms with Crippen LogP contribution in [-0.4, -0.2) is 23.1 Å². The summed E-state index contributed by atoms with van der Waals surface area (Å²) in [4.78, 5) is 16.5. The van der Waals surface area contributed by atoms with Crippen LogP contribution in [0, 0.1) is 0 Å². The molecule has 0 saturated heterocycles. The van der Waals surface area contributed by atoms with Crippen molar-refractivity contribution in [3.63, 3.8) is 0 Å². The average molecular weight is 423 g/mol. The maximum absolute atomic E-state index is 6.41. The van der Waals surface area contributed by atoms with E-state index in [1.54, 1.807) is 6.20 Å². The molecule has 0 amide bonds. The van der Waals surface area contributed by atoms with Gasteiger partial charge in [0, 0.05) is 47.9 Å². The molecule has 1 aliphatic carbocycles. The van der Waals surface area contributed by atoms with Crippen LogP contribution in [0.5, 0.6) is 0 Å². The molecular weight excluding hydrogens is 396 g/mol. The molecule has 0 unspecified atom stereocenters. The molecule has 5 rings (SSSR count). The van der Waals surface area contributed by atoms with E-state index in [2.05, 4.69) is 54.1 Å². The highest BCUT2D eigenvalue weighted by molar-refractivity contribution is 5.96. The largest absolute Gasteiger partial charge is 0.453 e. The van der Waals surface area contributed by atoms with Crippen molar-refractivity contribution in [2.45, 2.75) is 26.7 Å². The van der Waals surface area contributed by atoms with Crippen molar-refractivity contribution in [3.05, 3.63) is 78.3 Å². The van der Waals surface area contributed by atoms with Crippen LogP contribution in [0.25, 0.3) is 33.3 Å². The number of benzene rings is 3. The van der Waals surface area contributed by atoms with E-state index in [9.17, 15) is 0 Å². The van der Waals surface area contributed by atoms with Gasteiger partial charge < -0.3 is 9.32 Å². The highest BCUT2D eigenvalue weighted by Gasteiger charge is 2.16. The lowest BCUT2D eigenvalue weighted by molar-refractivity contribution is 0.613. The van der Waals surface area contributed by atoms with Gasteiger partial charge >= 0.3 is 0 Å². The van der Waals surface area contributed by atoms with E-state index in [4.69, 9.17) is 14.4 Å². The van der Waals surface area contributed by atoms with Gasteiger partial charge in [0.2, 0.25) is 0 Å². The minimum absolute atomic E-state index is 0.669. The van der Waals surface area contributed by atoms with Crippen LogP contribution < -0.4 is 10.3 Å².